The van der Waals surface area contributed by atoms with E-state index in [-0.39, 0.29) is 0 Å². The molecule has 19 heavy (non-hydrogen) atoms. The van der Waals surface area contributed by atoms with Gasteiger partial charge in [-0.1, -0.05) is 0 Å². The van der Waals surface area contributed by atoms with Crippen molar-refractivity contribution in [1.82, 2.24) is 14.5 Å². The highest BCUT2D eigenvalue weighted by Crippen LogP contribution is 2.19. The number of aldehydes is 2. The van der Waals surface area contributed by atoms with Crippen molar-refractivity contribution in [2.75, 3.05) is 0 Å². The summed E-state index contributed by atoms with van der Waals surface area (Å²) in [6.45, 7) is 0. The van der Waals surface area contributed by atoms with Gasteiger partial charge in [0.05, 0.1) is 11.9 Å². The molecule has 0 aromatic carbocycles. The zero-order chi connectivity index (χ0) is 13.2. The molecule has 92 valence electrons. The van der Waals surface area contributed by atoms with Crippen molar-refractivity contribution < 1.29 is 9.59 Å². The van der Waals surface area contributed by atoms with Crippen molar-refractivity contribution in [1.29, 1.82) is 0 Å². The first-order valence-corrected chi connectivity index (χ1v) is 5.65. The summed E-state index contributed by atoms with van der Waals surface area (Å²) >= 11 is 0. The van der Waals surface area contributed by atoms with E-state index in [9.17, 15) is 9.59 Å². The molecule has 0 aliphatic rings. The average Bonchev–Trinajstić information content (AvgIpc) is 2.90. The van der Waals surface area contributed by atoms with Gasteiger partial charge in [0.15, 0.2) is 12.6 Å². The van der Waals surface area contributed by atoms with E-state index in [4.69, 9.17) is 0 Å². The number of aromatic nitrogens is 3. The molecular formula is C14H9N3O2. The Labute approximate surface area is 108 Å². The minimum Gasteiger partial charge on any atom is -0.300 e. The monoisotopic (exact) mass is 251 g/mol. The van der Waals surface area contributed by atoms with Crippen LogP contribution in [0.3, 0.4) is 0 Å². The van der Waals surface area contributed by atoms with Crippen LogP contribution in [0.4, 0.5) is 0 Å². The van der Waals surface area contributed by atoms with Crippen molar-refractivity contribution in [3.05, 3.63) is 54.1 Å². The summed E-state index contributed by atoms with van der Waals surface area (Å²) in [5.74, 6) is 0. The Morgan fingerprint density at radius 1 is 1.00 bits per heavy atom. The fraction of sp³-hybridized carbons (Fsp3) is 0. The summed E-state index contributed by atoms with van der Waals surface area (Å²) in [7, 11) is 0. The van der Waals surface area contributed by atoms with Crippen molar-refractivity contribution in [2.45, 2.75) is 0 Å². The van der Waals surface area contributed by atoms with Gasteiger partial charge in [-0.05, 0) is 18.2 Å². The lowest BCUT2D eigenvalue weighted by atomic mass is 10.2. The lowest BCUT2D eigenvalue weighted by Crippen LogP contribution is -1.96. The zero-order valence-electron chi connectivity index (χ0n) is 9.85. The first kappa shape index (κ1) is 11.3. The van der Waals surface area contributed by atoms with Gasteiger partial charge in [0, 0.05) is 35.1 Å². The summed E-state index contributed by atoms with van der Waals surface area (Å²) in [6.07, 6.45) is 8.01. The van der Waals surface area contributed by atoms with E-state index in [0.717, 1.165) is 29.3 Å². The molecule has 0 amide bonds. The molecule has 5 heteroatoms. The van der Waals surface area contributed by atoms with Crippen LogP contribution in [-0.2, 0) is 0 Å². The van der Waals surface area contributed by atoms with Gasteiger partial charge in [0.1, 0.15) is 5.65 Å². The highest BCUT2D eigenvalue weighted by atomic mass is 16.1. The first-order valence-electron chi connectivity index (χ1n) is 5.65. The van der Waals surface area contributed by atoms with E-state index in [1.54, 1.807) is 18.3 Å². The van der Waals surface area contributed by atoms with E-state index in [2.05, 4.69) is 9.97 Å². The standard InChI is InChI=1S/C14H9N3O2/c18-8-10-3-12-1-2-17(14(12)16-6-10)13-4-11(9-19)5-15-7-13/h1-9H. The number of pyridine rings is 2. The van der Waals surface area contributed by atoms with Gasteiger partial charge in [-0.15, -0.1) is 0 Å². The second kappa shape index (κ2) is 4.45. The second-order valence-electron chi connectivity index (χ2n) is 4.08. The summed E-state index contributed by atoms with van der Waals surface area (Å²) in [5, 5.41) is 0.862. The second-order valence-corrected chi connectivity index (χ2v) is 4.08. The number of hydrogen-bond acceptors (Lipinski definition) is 4. The Hall–Kier alpha value is -2.82. The molecule has 0 fully saturated rings. The molecular weight excluding hydrogens is 242 g/mol. The van der Waals surface area contributed by atoms with Crippen molar-refractivity contribution in [3.8, 4) is 5.69 Å². The van der Waals surface area contributed by atoms with E-state index in [1.807, 2.05) is 16.8 Å². The molecule has 0 unspecified atom stereocenters. The highest BCUT2D eigenvalue weighted by molar-refractivity contribution is 5.85. The summed E-state index contributed by atoms with van der Waals surface area (Å²) in [5.41, 5.74) is 2.51. The summed E-state index contributed by atoms with van der Waals surface area (Å²) in [4.78, 5) is 29.8. The molecule has 0 N–H and O–H groups in total. The van der Waals surface area contributed by atoms with Crippen LogP contribution in [0.2, 0.25) is 0 Å². The van der Waals surface area contributed by atoms with E-state index in [1.165, 1.54) is 12.4 Å². The van der Waals surface area contributed by atoms with Gasteiger partial charge in [-0.2, -0.15) is 0 Å². The molecule has 0 bridgehead atoms. The molecule has 0 saturated carbocycles. The third-order valence-electron chi connectivity index (χ3n) is 2.84. The third-order valence-corrected chi connectivity index (χ3v) is 2.84. The maximum Gasteiger partial charge on any atom is 0.151 e. The molecule has 0 atom stereocenters. The van der Waals surface area contributed by atoms with Crippen molar-refractivity contribution >= 4 is 23.6 Å². The topological polar surface area (TPSA) is 64.8 Å². The van der Waals surface area contributed by atoms with Gasteiger partial charge in [0.2, 0.25) is 0 Å². The van der Waals surface area contributed by atoms with Crippen molar-refractivity contribution in [2.24, 2.45) is 0 Å². The van der Waals surface area contributed by atoms with Crippen LogP contribution in [-0.4, -0.2) is 27.1 Å². The quantitative estimate of drug-likeness (QED) is 0.668. The minimum atomic E-state index is 0.504. The number of carbonyl (C=O) groups is 2. The number of hydrogen-bond donors (Lipinski definition) is 0. The Bertz CT molecular complexity index is 777. The van der Waals surface area contributed by atoms with Gasteiger partial charge in [-0.3, -0.25) is 19.1 Å². The first-order chi connectivity index (χ1) is 9.31. The van der Waals surface area contributed by atoms with Gasteiger partial charge in [-0.25, -0.2) is 4.98 Å². The lowest BCUT2D eigenvalue weighted by Gasteiger charge is -2.04. The summed E-state index contributed by atoms with van der Waals surface area (Å²) in [6, 6.07) is 5.36. The zero-order valence-corrected chi connectivity index (χ0v) is 9.85. The van der Waals surface area contributed by atoms with Crippen LogP contribution >= 0.6 is 0 Å². The van der Waals surface area contributed by atoms with Crippen molar-refractivity contribution in [3.63, 3.8) is 0 Å². The Kier molecular flexibility index (Phi) is 2.64. The van der Waals surface area contributed by atoms with Crippen LogP contribution in [0, 0.1) is 0 Å². The molecule has 0 aliphatic carbocycles. The molecule has 3 aromatic rings. The molecule has 0 spiro atoms. The number of carbonyl (C=O) groups excluding carboxylic acids is 2. The number of fused-ring (bicyclic) bond motifs is 1. The smallest absolute Gasteiger partial charge is 0.151 e. The maximum atomic E-state index is 10.8. The molecule has 3 aromatic heterocycles. The third kappa shape index (κ3) is 1.91. The SMILES string of the molecule is O=Cc1cncc(-n2ccc3cc(C=O)cnc32)c1. The summed E-state index contributed by atoms with van der Waals surface area (Å²) < 4.78 is 1.82. The number of nitrogens with zero attached hydrogens (tertiary/aromatic N) is 3. The molecule has 3 heterocycles. The van der Waals surface area contributed by atoms with Gasteiger partial charge in [0.25, 0.3) is 0 Å². The van der Waals surface area contributed by atoms with Crippen LogP contribution in [0.5, 0.6) is 0 Å². The fourth-order valence-corrected chi connectivity index (χ4v) is 1.95. The van der Waals surface area contributed by atoms with E-state index >= 15 is 0 Å². The van der Waals surface area contributed by atoms with Gasteiger partial charge >= 0.3 is 0 Å². The van der Waals surface area contributed by atoms with Gasteiger partial charge < -0.3 is 0 Å². The van der Waals surface area contributed by atoms with E-state index in [0.29, 0.717) is 11.1 Å². The van der Waals surface area contributed by atoms with Crippen LogP contribution in [0.1, 0.15) is 20.7 Å². The van der Waals surface area contributed by atoms with Crippen LogP contribution in [0.15, 0.2) is 43.0 Å². The van der Waals surface area contributed by atoms with Crippen LogP contribution < -0.4 is 0 Å². The molecule has 3 rings (SSSR count). The van der Waals surface area contributed by atoms with E-state index < -0.39 is 0 Å². The Morgan fingerprint density at radius 3 is 2.58 bits per heavy atom. The van der Waals surface area contributed by atoms with Crippen LogP contribution in [0.25, 0.3) is 16.7 Å². The Balaban J connectivity index is 2.19. The normalized spacial score (nSPS) is 10.5. The molecule has 0 aliphatic heterocycles. The maximum absolute atomic E-state index is 10.8. The predicted octanol–water partition coefficient (Wildman–Crippen LogP) is 2.05. The Morgan fingerprint density at radius 2 is 1.79 bits per heavy atom. The minimum absolute atomic E-state index is 0.504. The number of rotatable bonds is 3. The molecule has 5 nitrogen and oxygen atoms in total. The largest absolute Gasteiger partial charge is 0.300 e. The lowest BCUT2D eigenvalue weighted by molar-refractivity contribution is 0.111. The molecule has 0 saturated heterocycles. The molecule has 0 radical (unpaired) electrons. The average molecular weight is 251 g/mol. The predicted molar refractivity (Wildman–Crippen MR) is 69.6 cm³/mol. The highest BCUT2D eigenvalue weighted by Gasteiger charge is 2.06. The fourth-order valence-electron chi connectivity index (χ4n) is 1.95.